The number of pyridine rings is 2. The van der Waals surface area contributed by atoms with E-state index in [4.69, 9.17) is 4.98 Å². The van der Waals surface area contributed by atoms with Crippen molar-refractivity contribution in [3.63, 3.8) is 0 Å². The highest BCUT2D eigenvalue weighted by Gasteiger charge is 2.19. The third kappa shape index (κ3) is 3.59. The highest BCUT2D eigenvalue weighted by molar-refractivity contribution is 7.13. The van der Waals surface area contributed by atoms with Gasteiger partial charge in [-0.3, -0.25) is 9.36 Å². The lowest BCUT2D eigenvalue weighted by molar-refractivity contribution is 0.102. The Balaban J connectivity index is 1.52. The van der Waals surface area contributed by atoms with Gasteiger partial charge >= 0.3 is 0 Å². The van der Waals surface area contributed by atoms with Gasteiger partial charge in [-0.05, 0) is 43.5 Å². The zero-order valence-electron chi connectivity index (χ0n) is 16.9. The van der Waals surface area contributed by atoms with E-state index in [2.05, 4.69) is 20.4 Å². The lowest BCUT2D eigenvalue weighted by atomic mass is 10.1. The highest BCUT2D eigenvalue weighted by Crippen LogP contribution is 2.29. The van der Waals surface area contributed by atoms with E-state index in [-0.39, 0.29) is 11.9 Å². The van der Waals surface area contributed by atoms with E-state index in [1.54, 1.807) is 40.8 Å². The number of amides is 1. The van der Waals surface area contributed by atoms with E-state index < -0.39 is 0 Å². The molecule has 0 bridgehead atoms. The molecular formula is C22H19N7OS. The lowest BCUT2D eigenvalue weighted by Crippen LogP contribution is -2.13. The topological polar surface area (TPSA) is 90.5 Å². The quantitative estimate of drug-likeness (QED) is 0.442. The van der Waals surface area contributed by atoms with Gasteiger partial charge < -0.3 is 5.32 Å². The number of fused-ring (bicyclic) bond motifs is 1. The molecule has 1 amide bonds. The van der Waals surface area contributed by atoms with Gasteiger partial charge in [0.05, 0.1) is 39.6 Å². The predicted octanol–water partition coefficient (Wildman–Crippen LogP) is 4.57. The summed E-state index contributed by atoms with van der Waals surface area (Å²) in [6.07, 6.45) is 8.51. The summed E-state index contributed by atoms with van der Waals surface area (Å²) >= 11 is 1.58. The molecule has 0 aromatic carbocycles. The molecule has 0 atom stereocenters. The first-order valence-electron chi connectivity index (χ1n) is 9.78. The number of imidazole rings is 1. The minimum Gasteiger partial charge on any atom is -0.321 e. The van der Waals surface area contributed by atoms with Crippen LogP contribution < -0.4 is 5.32 Å². The number of hydrogen-bond acceptors (Lipinski definition) is 6. The van der Waals surface area contributed by atoms with Crippen LogP contribution in [-0.2, 0) is 0 Å². The van der Waals surface area contributed by atoms with Crippen LogP contribution in [-0.4, -0.2) is 35.2 Å². The summed E-state index contributed by atoms with van der Waals surface area (Å²) in [7, 11) is 0. The van der Waals surface area contributed by atoms with E-state index in [0.29, 0.717) is 16.9 Å². The summed E-state index contributed by atoms with van der Waals surface area (Å²) in [5, 5.41) is 10.1. The molecule has 0 unspecified atom stereocenters. The summed E-state index contributed by atoms with van der Waals surface area (Å²) in [5.41, 5.74) is 2.58. The number of nitrogens with one attached hydrogen (secondary N) is 1. The van der Waals surface area contributed by atoms with Crippen LogP contribution in [0.3, 0.4) is 0 Å². The van der Waals surface area contributed by atoms with E-state index in [9.17, 15) is 4.79 Å². The molecule has 5 heterocycles. The van der Waals surface area contributed by atoms with Gasteiger partial charge in [0.25, 0.3) is 5.91 Å². The normalized spacial score (nSPS) is 11.3. The van der Waals surface area contributed by atoms with Crippen LogP contribution in [0.1, 0.15) is 30.2 Å². The van der Waals surface area contributed by atoms with Gasteiger partial charge in [0.15, 0.2) is 5.65 Å². The summed E-state index contributed by atoms with van der Waals surface area (Å²) in [6, 6.07) is 9.56. The molecule has 154 valence electrons. The van der Waals surface area contributed by atoms with Crippen LogP contribution in [0.25, 0.3) is 27.4 Å². The first-order chi connectivity index (χ1) is 15.1. The van der Waals surface area contributed by atoms with Crippen molar-refractivity contribution in [2.75, 3.05) is 5.32 Å². The molecule has 0 aliphatic rings. The Hall–Kier alpha value is -3.85. The maximum Gasteiger partial charge on any atom is 0.256 e. The molecule has 0 fully saturated rings. The van der Waals surface area contributed by atoms with Crippen molar-refractivity contribution in [1.82, 2.24) is 29.3 Å². The van der Waals surface area contributed by atoms with Crippen LogP contribution in [0, 0.1) is 0 Å². The summed E-state index contributed by atoms with van der Waals surface area (Å²) < 4.78 is 3.64. The summed E-state index contributed by atoms with van der Waals surface area (Å²) in [5.74, 6) is 0.491. The monoisotopic (exact) mass is 429 g/mol. The van der Waals surface area contributed by atoms with Crippen molar-refractivity contribution < 1.29 is 4.79 Å². The highest BCUT2D eigenvalue weighted by atomic mass is 32.1. The maximum absolute atomic E-state index is 13.2. The molecule has 5 aromatic rings. The first-order valence-corrected chi connectivity index (χ1v) is 10.7. The van der Waals surface area contributed by atoms with Gasteiger partial charge in [0, 0.05) is 18.4 Å². The second-order valence-corrected chi connectivity index (χ2v) is 8.23. The number of anilines is 1. The van der Waals surface area contributed by atoms with Crippen molar-refractivity contribution >= 4 is 34.0 Å². The van der Waals surface area contributed by atoms with Gasteiger partial charge in [-0.15, -0.1) is 11.3 Å². The summed E-state index contributed by atoms with van der Waals surface area (Å²) in [6.45, 7) is 4.08. The number of hydrogen-bond donors (Lipinski definition) is 1. The number of rotatable bonds is 5. The van der Waals surface area contributed by atoms with Crippen LogP contribution >= 0.6 is 11.3 Å². The molecule has 8 nitrogen and oxygen atoms in total. The number of nitrogens with zero attached hydrogens (tertiary/aromatic N) is 6. The fraction of sp³-hybridized carbons (Fsp3) is 0.136. The molecule has 0 radical (unpaired) electrons. The van der Waals surface area contributed by atoms with Crippen molar-refractivity contribution in [3.05, 3.63) is 72.4 Å². The van der Waals surface area contributed by atoms with Crippen LogP contribution in [0.5, 0.6) is 0 Å². The van der Waals surface area contributed by atoms with E-state index in [1.807, 2.05) is 60.4 Å². The Morgan fingerprint density at radius 1 is 1.19 bits per heavy atom. The van der Waals surface area contributed by atoms with Crippen LogP contribution in [0.4, 0.5) is 5.69 Å². The Kier molecular flexibility index (Phi) is 4.79. The first kappa shape index (κ1) is 19.1. The standard InChI is InChI=1S/C22H19N7OS/c1-14(2)29-21-17(12-25-29)16(10-18(27-21)19-4-3-9-31-19)22(30)26-15-5-6-20(24-11-15)28-8-7-23-13-28/h3-14H,1-2H3,(H,26,30). The summed E-state index contributed by atoms with van der Waals surface area (Å²) in [4.78, 5) is 27.4. The average molecular weight is 430 g/mol. The van der Waals surface area contributed by atoms with Gasteiger partial charge in [-0.1, -0.05) is 6.07 Å². The molecule has 5 rings (SSSR count). The molecule has 0 aliphatic heterocycles. The minimum atomic E-state index is -0.231. The SMILES string of the molecule is CC(C)n1ncc2c(C(=O)Nc3ccc(-n4ccnc4)nc3)cc(-c3cccs3)nc21. The third-order valence-corrected chi connectivity index (χ3v) is 5.74. The smallest absolute Gasteiger partial charge is 0.256 e. The molecule has 9 heteroatoms. The number of aromatic nitrogens is 6. The zero-order valence-corrected chi connectivity index (χ0v) is 17.7. The van der Waals surface area contributed by atoms with E-state index in [0.717, 1.165) is 21.8 Å². The number of carbonyl (C=O) groups excluding carboxylic acids is 1. The molecular weight excluding hydrogens is 410 g/mol. The number of carbonyl (C=O) groups is 1. The van der Waals surface area contributed by atoms with Gasteiger partial charge in [0.1, 0.15) is 12.1 Å². The predicted molar refractivity (Wildman–Crippen MR) is 121 cm³/mol. The van der Waals surface area contributed by atoms with Crippen molar-refractivity contribution in [2.24, 2.45) is 0 Å². The molecule has 1 N–H and O–H groups in total. The van der Waals surface area contributed by atoms with Crippen molar-refractivity contribution in [2.45, 2.75) is 19.9 Å². The van der Waals surface area contributed by atoms with Gasteiger partial charge in [0.2, 0.25) is 0 Å². The fourth-order valence-electron chi connectivity index (χ4n) is 3.34. The molecule has 31 heavy (non-hydrogen) atoms. The van der Waals surface area contributed by atoms with E-state index in [1.165, 1.54) is 0 Å². The van der Waals surface area contributed by atoms with Crippen molar-refractivity contribution in [3.8, 4) is 16.4 Å². The molecule has 0 aliphatic carbocycles. The second-order valence-electron chi connectivity index (χ2n) is 7.28. The number of thiophene rings is 1. The molecule has 0 spiro atoms. The van der Waals surface area contributed by atoms with Gasteiger partial charge in [-0.2, -0.15) is 5.10 Å². The molecule has 0 saturated heterocycles. The van der Waals surface area contributed by atoms with Crippen molar-refractivity contribution in [1.29, 1.82) is 0 Å². The van der Waals surface area contributed by atoms with E-state index >= 15 is 0 Å². The van der Waals surface area contributed by atoms with Crippen LogP contribution in [0.2, 0.25) is 0 Å². The van der Waals surface area contributed by atoms with Crippen LogP contribution in [0.15, 0.2) is 66.8 Å². The molecule has 5 aromatic heterocycles. The Labute approximate surface area is 182 Å². The Bertz CT molecular complexity index is 1340. The Morgan fingerprint density at radius 2 is 2.10 bits per heavy atom. The fourth-order valence-corrected chi connectivity index (χ4v) is 4.03. The maximum atomic E-state index is 13.2. The third-order valence-electron chi connectivity index (χ3n) is 4.85. The molecule has 0 saturated carbocycles. The minimum absolute atomic E-state index is 0.124. The zero-order chi connectivity index (χ0) is 21.4. The average Bonchev–Trinajstić information content (AvgIpc) is 3.55. The lowest BCUT2D eigenvalue weighted by Gasteiger charge is -2.11. The van der Waals surface area contributed by atoms with Gasteiger partial charge in [-0.25, -0.2) is 19.6 Å². The Morgan fingerprint density at radius 3 is 2.77 bits per heavy atom. The second kappa shape index (κ2) is 7.77. The largest absolute Gasteiger partial charge is 0.321 e.